The lowest BCUT2D eigenvalue weighted by atomic mass is 10.0. The van der Waals surface area contributed by atoms with Gasteiger partial charge in [-0.1, -0.05) is 30.3 Å². The molecule has 0 heterocycles. The molecule has 0 unspecified atom stereocenters. The summed E-state index contributed by atoms with van der Waals surface area (Å²) in [6.07, 6.45) is 3.36. The normalized spacial score (nSPS) is 10.9. The standard InChI is InChI=1S/C23H22O4/c1-4-27-22-14-9-16-7-5-6-8-18(16)19(22)12-13-21(24)20-11-10-17(25-2)15-23(20)26-3/h5-15H,4H2,1-3H3/b13-12+. The minimum Gasteiger partial charge on any atom is -0.497 e. The van der Waals surface area contributed by atoms with Gasteiger partial charge < -0.3 is 14.2 Å². The van der Waals surface area contributed by atoms with Crippen molar-refractivity contribution in [1.82, 2.24) is 0 Å². The van der Waals surface area contributed by atoms with Gasteiger partial charge in [0, 0.05) is 11.6 Å². The fourth-order valence-electron chi connectivity index (χ4n) is 2.98. The first-order valence-corrected chi connectivity index (χ1v) is 8.77. The summed E-state index contributed by atoms with van der Waals surface area (Å²) in [5.41, 5.74) is 1.36. The molecule has 0 amide bonds. The van der Waals surface area contributed by atoms with E-state index in [9.17, 15) is 4.79 Å². The van der Waals surface area contributed by atoms with Crippen LogP contribution in [0.3, 0.4) is 0 Å². The van der Waals surface area contributed by atoms with Crippen molar-refractivity contribution in [2.45, 2.75) is 6.92 Å². The number of hydrogen-bond donors (Lipinski definition) is 0. The van der Waals surface area contributed by atoms with Gasteiger partial charge >= 0.3 is 0 Å². The average molecular weight is 362 g/mol. The molecule has 0 bridgehead atoms. The van der Waals surface area contributed by atoms with Crippen molar-refractivity contribution < 1.29 is 19.0 Å². The van der Waals surface area contributed by atoms with Gasteiger partial charge in [-0.2, -0.15) is 0 Å². The van der Waals surface area contributed by atoms with E-state index in [0.29, 0.717) is 23.7 Å². The Labute approximate surface area is 159 Å². The fraction of sp³-hybridized carbons (Fsp3) is 0.174. The van der Waals surface area contributed by atoms with Gasteiger partial charge in [0.05, 0.1) is 26.4 Å². The van der Waals surface area contributed by atoms with Crippen LogP contribution in [0.5, 0.6) is 17.2 Å². The van der Waals surface area contributed by atoms with E-state index in [-0.39, 0.29) is 5.78 Å². The predicted molar refractivity (Wildman–Crippen MR) is 108 cm³/mol. The van der Waals surface area contributed by atoms with Crippen LogP contribution in [0.1, 0.15) is 22.8 Å². The van der Waals surface area contributed by atoms with Crippen molar-refractivity contribution in [1.29, 1.82) is 0 Å². The van der Waals surface area contributed by atoms with Gasteiger partial charge in [-0.3, -0.25) is 4.79 Å². The third kappa shape index (κ3) is 3.95. The van der Waals surface area contributed by atoms with Crippen LogP contribution in [-0.4, -0.2) is 26.6 Å². The first-order valence-electron chi connectivity index (χ1n) is 8.77. The molecule has 0 fully saturated rings. The van der Waals surface area contributed by atoms with E-state index in [1.807, 2.05) is 43.3 Å². The number of carbonyl (C=O) groups is 1. The third-order valence-electron chi connectivity index (χ3n) is 4.31. The number of fused-ring (bicyclic) bond motifs is 1. The zero-order valence-electron chi connectivity index (χ0n) is 15.7. The van der Waals surface area contributed by atoms with Gasteiger partial charge in [-0.05, 0) is 48.0 Å². The maximum Gasteiger partial charge on any atom is 0.189 e. The summed E-state index contributed by atoms with van der Waals surface area (Å²) in [4.78, 5) is 12.8. The molecule has 0 aliphatic rings. The highest BCUT2D eigenvalue weighted by Gasteiger charge is 2.12. The number of rotatable bonds is 7. The maximum atomic E-state index is 12.8. The highest BCUT2D eigenvalue weighted by molar-refractivity contribution is 6.10. The molecule has 0 N–H and O–H groups in total. The van der Waals surface area contributed by atoms with Crippen LogP contribution in [0.15, 0.2) is 60.7 Å². The number of methoxy groups -OCH3 is 2. The van der Waals surface area contributed by atoms with E-state index >= 15 is 0 Å². The molecular weight excluding hydrogens is 340 g/mol. The summed E-state index contributed by atoms with van der Waals surface area (Å²) in [5.74, 6) is 1.72. The Morgan fingerprint density at radius 3 is 2.52 bits per heavy atom. The van der Waals surface area contributed by atoms with Crippen molar-refractivity contribution in [2.75, 3.05) is 20.8 Å². The number of ketones is 1. The van der Waals surface area contributed by atoms with Gasteiger partial charge in [0.15, 0.2) is 5.78 Å². The van der Waals surface area contributed by atoms with E-state index in [2.05, 4.69) is 0 Å². The Morgan fingerprint density at radius 2 is 1.78 bits per heavy atom. The van der Waals surface area contributed by atoms with Crippen LogP contribution in [0, 0.1) is 0 Å². The van der Waals surface area contributed by atoms with Crippen molar-refractivity contribution >= 4 is 22.6 Å². The molecule has 0 aromatic heterocycles. The van der Waals surface area contributed by atoms with Crippen molar-refractivity contribution in [3.63, 3.8) is 0 Å². The van der Waals surface area contributed by atoms with E-state index in [0.717, 1.165) is 22.1 Å². The summed E-state index contributed by atoms with van der Waals surface area (Å²) < 4.78 is 16.3. The zero-order chi connectivity index (χ0) is 19.2. The van der Waals surface area contributed by atoms with Gasteiger partial charge in [-0.15, -0.1) is 0 Å². The van der Waals surface area contributed by atoms with E-state index in [1.54, 1.807) is 37.5 Å². The van der Waals surface area contributed by atoms with Crippen LogP contribution in [0.4, 0.5) is 0 Å². The number of hydrogen-bond acceptors (Lipinski definition) is 4. The third-order valence-corrected chi connectivity index (χ3v) is 4.31. The molecule has 0 radical (unpaired) electrons. The molecule has 0 aliphatic heterocycles. The van der Waals surface area contributed by atoms with E-state index < -0.39 is 0 Å². The summed E-state index contributed by atoms with van der Waals surface area (Å²) in [6.45, 7) is 2.50. The summed E-state index contributed by atoms with van der Waals surface area (Å²) >= 11 is 0. The quantitative estimate of drug-likeness (QED) is 0.431. The van der Waals surface area contributed by atoms with Crippen molar-refractivity contribution in [3.8, 4) is 17.2 Å². The molecular formula is C23H22O4. The van der Waals surface area contributed by atoms with Crippen molar-refractivity contribution in [3.05, 3.63) is 71.8 Å². The molecule has 0 atom stereocenters. The Balaban J connectivity index is 2.00. The van der Waals surface area contributed by atoms with Gasteiger partial charge in [0.2, 0.25) is 0 Å². The molecule has 0 saturated carbocycles. The van der Waals surface area contributed by atoms with Gasteiger partial charge in [-0.25, -0.2) is 0 Å². The molecule has 27 heavy (non-hydrogen) atoms. The molecule has 4 heteroatoms. The number of benzene rings is 3. The average Bonchev–Trinajstić information content (AvgIpc) is 2.72. The van der Waals surface area contributed by atoms with Gasteiger partial charge in [0.25, 0.3) is 0 Å². The van der Waals surface area contributed by atoms with E-state index in [1.165, 1.54) is 7.11 Å². The summed E-state index contributed by atoms with van der Waals surface area (Å²) in [7, 11) is 3.11. The number of carbonyl (C=O) groups excluding carboxylic acids is 1. The predicted octanol–water partition coefficient (Wildman–Crippen LogP) is 5.15. The summed E-state index contributed by atoms with van der Waals surface area (Å²) in [6, 6.07) is 17.1. The Kier molecular flexibility index (Phi) is 5.77. The van der Waals surface area contributed by atoms with Crippen LogP contribution in [-0.2, 0) is 0 Å². The smallest absolute Gasteiger partial charge is 0.189 e. The van der Waals surface area contributed by atoms with Crippen LogP contribution >= 0.6 is 0 Å². The lowest BCUT2D eigenvalue weighted by Crippen LogP contribution is -2.00. The Bertz CT molecular complexity index is 989. The minimum atomic E-state index is -0.148. The molecule has 138 valence electrons. The zero-order valence-corrected chi connectivity index (χ0v) is 15.7. The second-order valence-electron chi connectivity index (χ2n) is 5.90. The highest BCUT2D eigenvalue weighted by Crippen LogP contribution is 2.30. The first kappa shape index (κ1) is 18.5. The topological polar surface area (TPSA) is 44.8 Å². The lowest BCUT2D eigenvalue weighted by Gasteiger charge is -2.11. The highest BCUT2D eigenvalue weighted by atomic mass is 16.5. The molecule has 3 aromatic rings. The molecule has 3 aromatic carbocycles. The molecule has 0 aliphatic carbocycles. The molecule has 0 spiro atoms. The Morgan fingerprint density at radius 1 is 0.963 bits per heavy atom. The minimum absolute atomic E-state index is 0.148. The Hall–Kier alpha value is -3.27. The van der Waals surface area contributed by atoms with E-state index in [4.69, 9.17) is 14.2 Å². The molecule has 4 nitrogen and oxygen atoms in total. The fourth-order valence-corrected chi connectivity index (χ4v) is 2.98. The summed E-state index contributed by atoms with van der Waals surface area (Å²) in [5, 5.41) is 2.13. The monoisotopic (exact) mass is 362 g/mol. The number of ether oxygens (including phenoxy) is 3. The lowest BCUT2D eigenvalue weighted by molar-refractivity contribution is 0.104. The van der Waals surface area contributed by atoms with Crippen molar-refractivity contribution in [2.24, 2.45) is 0 Å². The maximum absolute atomic E-state index is 12.8. The second kappa shape index (κ2) is 8.41. The first-order chi connectivity index (χ1) is 13.2. The largest absolute Gasteiger partial charge is 0.497 e. The second-order valence-corrected chi connectivity index (χ2v) is 5.90. The van der Waals surface area contributed by atoms with Gasteiger partial charge in [0.1, 0.15) is 17.2 Å². The van der Waals surface area contributed by atoms with Crippen LogP contribution in [0.25, 0.3) is 16.8 Å². The number of allylic oxidation sites excluding steroid dienone is 1. The molecule has 0 saturated heterocycles. The van der Waals surface area contributed by atoms with Crippen LogP contribution < -0.4 is 14.2 Å². The SMILES string of the molecule is CCOc1ccc2ccccc2c1/C=C/C(=O)c1ccc(OC)cc1OC. The van der Waals surface area contributed by atoms with Crippen LogP contribution in [0.2, 0.25) is 0 Å². The molecule has 3 rings (SSSR count).